The van der Waals surface area contributed by atoms with Crippen molar-refractivity contribution in [1.82, 2.24) is 0 Å². The second-order valence-corrected chi connectivity index (χ2v) is 6.25. The number of ether oxygens (including phenoxy) is 1. The van der Waals surface area contributed by atoms with Gasteiger partial charge in [0.15, 0.2) is 0 Å². The van der Waals surface area contributed by atoms with Crippen LogP contribution in [0.3, 0.4) is 0 Å². The summed E-state index contributed by atoms with van der Waals surface area (Å²) in [7, 11) is 0. The number of para-hydroxylation sites is 1. The summed E-state index contributed by atoms with van der Waals surface area (Å²) in [5.74, 6) is 2.65. The quantitative estimate of drug-likeness (QED) is 0.726. The highest BCUT2D eigenvalue weighted by Gasteiger charge is 2.25. The fraction of sp³-hybridized carbons (Fsp3) is 0.571. The van der Waals surface area contributed by atoms with Gasteiger partial charge in [-0.15, -0.1) is 0 Å². The van der Waals surface area contributed by atoms with Crippen LogP contribution >= 0.6 is 22.6 Å². The zero-order valence-corrected chi connectivity index (χ0v) is 12.1. The van der Waals surface area contributed by atoms with Crippen molar-refractivity contribution in [2.75, 3.05) is 0 Å². The summed E-state index contributed by atoms with van der Waals surface area (Å²) >= 11 is 2.34. The van der Waals surface area contributed by atoms with Gasteiger partial charge in [-0.1, -0.05) is 26.0 Å². The second-order valence-electron chi connectivity index (χ2n) is 5.09. The maximum atomic E-state index is 6.12. The molecule has 0 spiro atoms. The monoisotopic (exact) mass is 330 g/mol. The molecule has 0 bridgehead atoms. The molecule has 0 aromatic heterocycles. The van der Waals surface area contributed by atoms with Gasteiger partial charge in [-0.25, -0.2) is 0 Å². The van der Waals surface area contributed by atoms with Gasteiger partial charge in [0.05, 0.1) is 9.67 Å². The van der Waals surface area contributed by atoms with Crippen LogP contribution in [0.15, 0.2) is 24.3 Å². The Balaban J connectivity index is 2.02. The Morgan fingerprint density at radius 1 is 1.06 bits per heavy atom. The van der Waals surface area contributed by atoms with Crippen LogP contribution < -0.4 is 4.74 Å². The summed E-state index contributed by atoms with van der Waals surface area (Å²) in [6.07, 6.45) is 4.17. The summed E-state index contributed by atoms with van der Waals surface area (Å²) in [5.41, 5.74) is 0. The van der Waals surface area contributed by atoms with Crippen molar-refractivity contribution < 1.29 is 4.74 Å². The maximum absolute atomic E-state index is 6.12. The van der Waals surface area contributed by atoms with Crippen molar-refractivity contribution in [2.24, 2.45) is 11.8 Å². The molecule has 88 valence electrons. The van der Waals surface area contributed by atoms with Crippen LogP contribution in [0.1, 0.15) is 33.1 Å². The summed E-state index contributed by atoms with van der Waals surface area (Å²) in [5, 5.41) is 0. The predicted molar refractivity (Wildman–Crippen MR) is 75.8 cm³/mol. The zero-order valence-electron chi connectivity index (χ0n) is 9.95. The predicted octanol–water partition coefficient (Wildman–Crippen LogP) is 4.49. The highest BCUT2D eigenvalue weighted by molar-refractivity contribution is 14.1. The lowest BCUT2D eigenvalue weighted by atomic mass is 9.82. The highest BCUT2D eigenvalue weighted by atomic mass is 127. The van der Waals surface area contributed by atoms with Crippen LogP contribution in [0, 0.1) is 15.4 Å². The Labute approximate surface area is 112 Å². The van der Waals surface area contributed by atoms with Gasteiger partial charge < -0.3 is 4.74 Å². The van der Waals surface area contributed by atoms with Crippen LogP contribution in [0.25, 0.3) is 0 Å². The number of rotatable bonds is 2. The van der Waals surface area contributed by atoms with Crippen molar-refractivity contribution >= 4 is 22.6 Å². The van der Waals surface area contributed by atoms with Crippen molar-refractivity contribution in [2.45, 2.75) is 39.2 Å². The molecule has 2 atom stereocenters. The summed E-state index contributed by atoms with van der Waals surface area (Å²) in [4.78, 5) is 0. The van der Waals surface area contributed by atoms with Crippen molar-refractivity contribution in [3.05, 3.63) is 27.8 Å². The van der Waals surface area contributed by atoms with E-state index in [1.807, 2.05) is 6.07 Å². The van der Waals surface area contributed by atoms with E-state index in [2.05, 4.69) is 54.6 Å². The molecule has 0 N–H and O–H groups in total. The normalized spacial score (nSPS) is 30.1. The van der Waals surface area contributed by atoms with E-state index in [-0.39, 0.29) is 0 Å². The number of hydrogen-bond acceptors (Lipinski definition) is 1. The van der Waals surface area contributed by atoms with Crippen molar-refractivity contribution in [1.29, 1.82) is 0 Å². The fourth-order valence-electron chi connectivity index (χ4n) is 2.69. The largest absolute Gasteiger partial charge is 0.489 e. The Hall–Kier alpha value is -0.250. The maximum Gasteiger partial charge on any atom is 0.133 e. The molecule has 2 unspecified atom stereocenters. The summed E-state index contributed by atoms with van der Waals surface area (Å²) in [6.45, 7) is 4.67. The van der Waals surface area contributed by atoms with E-state index in [4.69, 9.17) is 4.74 Å². The first-order valence-electron chi connectivity index (χ1n) is 6.06. The lowest BCUT2D eigenvalue weighted by molar-refractivity contribution is 0.100. The average molecular weight is 330 g/mol. The SMILES string of the molecule is CC1CC(C)CC(Oc2ccccc2I)C1. The minimum Gasteiger partial charge on any atom is -0.489 e. The lowest BCUT2D eigenvalue weighted by Gasteiger charge is -2.31. The first-order valence-corrected chi connectivity index (χ1v) is 7.14. The minimum absolute atomic E-state index is 0.412. The fourth-order valence-corrected chi connectivity index (χ4v) is 3.20. The van der Waals surface area contributed by atoms with Crippen LogP contribution in [-0.4, -0.2) is 6.10 Å². The van der Waals surface area contributed by atoms with Gasteiger partial charge in [0.2, 0.25) is 0 Å². The molecular formula is C14H19IO. The smallest absolute Gasteiger partial charge is 0.133 e. The zero-order chi connectivity index (χ0) is 11.5. The van der Waals surface area contributed by atoms with Crippen molar-refractivity contribution in [3.63, 3.8) is 0 Å². The molecule has 1 aliphatic rings. The van der Waals surface area contributed by atoms with Gasteiger partial charge in [-0.3, -0.25) is 0 Å². The molecule has 1 fully saturated rings. The standard InChI is InChI=1S/C14H19IO/c1-10-7-11(2)9-12(8-10)16-14-6-4-3-5-13(14)15/h3-6,10-12H,7-9H2,1-2H3. The van der Waals surface area contributed by atoms with Gasteiger partial charge in [-0.05, 0) is 65.8 Å². The molecule has 0 saturated heterocycles. The second kappa shape index (κ2) is 5.39. The molecule has 1 aromatic rings. The number of halogens is 1. The van der Waals surface area contributed by atoms with Gasteiger partial charge >= 0.3 is 0 Å². The molecule has 0 heterocycles. The molecular weight excluding hydrogens is 311 g/mol. The van der Waals surface area contributed by atoms with E-state index in [1.54, 1.807) is 0 Å². The van der Waals surface area contributed by atoms with Crippen LogP contribution in [-0.2, 0) is 0 Å². The van der Waals surface area contributed by atoms with E-state index in [9.17, 15) is 0 Å². The number of hydrogen-bond donors (Lipinski definition) is 0. The molecule has 2 heteroatoms. The van der Waals surface area contributed by atoms with E-state index < -0.39 is 0 Å². The Kier molecular flexibility index (Phi) is 4.11. The van der Waals surface area contributed by atoms with E-state index in [0.717, 1.165) is 17.6 Å². The first kappa shape index (κ1) is 12.2. The molecule has 1 nitrogen and oxygen atoms in total. The van der Waals surface area contributed by atoms with Crippen LogP contribution in [0.4, 0.5) is 0 Å². The van der Waals surface area contributed by atoms with Crippen LogP contribution in [0.2, 0.25) is 0 Å². The third-order valence-electron chi connectivity index (χ3n) is 3.27. The van der Waals surface area contributed by atoms with Gasteiger partial charge in [0.1, 0.15) is 5.75 Å². The highest BCUT2D eigenvalue weighted by Crippen LogP contribution is 2.32. The van der Waals surface area contributed by atoms with Gasteiger partial charge in [0, 0.05) is 0 Å². The summed E-state index contributed by atoms with van der Waals surface area (Å²) < 4.78 is 7.33. The first-order chi connectivity index (χ1) is 7.65. The average Bonchev–Trinajstić information content (AvgIpc) is 2.20. The van der Waals surface area contributed by atoms with E-state index in [0.29, 0.717) is 6.10 Å². The van der Waals surface area contributed by atoms with Gasteiger partial charge in [0.25, 0.3) is 0 Å². The van der Waals surface area contributed by atoms with Crippen molar-refractivity contribution in [3.8, 4) is 5.75 Å². The Bertz CT molecular complexity index is 340. The topological polar surface area (TPSA) is 9.23 Å². The van der Waals surface area contributed by atoms with E-state index in [1.165, 1.54) is 22.8 Å². The molecule has 1 aromatic carbocycles. The Morgan fingerprint density at radius 2 is 1.69 bits per heavy atom. The van der Waals surface area contributed by atoms with Gasteiger partial charge in [-0.2, -0.15) is 0 Å². The Morgan fingerprint density at radius 3 is 2.31 bits per heavy atom. The molecule has 0 aliphatic heterocycles. The molecule has 1 aliphatic carbocycles. The molecule has 16 heavy (non-hydrogen) atoms. The molecule has 0 amide bonds. The van der Waals surface area contributed by atoms with E-state index >= 15 is 0 Å². The minimum atomic E-state index is 0.412. The molecule has 0 radical (unpaired) electrons. The van der Waals surface area contributed by atoms with Crippen LogP contribution in [0.5, 0.6) is 5.75 Å². The number of benzene rings is 1. The lowest BCUT2D eigenvalue weighted by Crippen LogP contribution is -2.28. The summed E-state index contributed by atoms with van der Waals surface area (Å²) in [6, 6.07) is 8.28. The third kappa shape index (κ3) is 3.12. The molecule has 2 rings (SSSR count). The third-order valence-corrected chi connectivity index (χ3v) is 4.16. The molecule has 1 saturated carbocycles.